The third kappa shape index (κ3) is 7.66. The zero-order chi connectivity index (χ0) is 19.5. The van der Waals surface area contributed by atoms with E-state index in [-0.39, 0.29) is 18.3 Å². The van der Waals surface area contributed by atoms with Crippen molar-refractivity contribution >= 4 is 12.0 Å². The zero-order valence-corrected chi connectivity index (χ0v) is 15.2. The number of carbonyl (C=O) groups is 2. The monoisotopic (exact) mass is 361 g/mol. The van der Waals surface area contributed by atoms with Crippen molar-refractivity contribution in [2.75, 3.05) is 0 Å². The minimum absolute atomic E-state index is 0.0958. The highest BCUT2D eigenvalue weighted by atomic mass is 16.5. The third-order valence-electron chi connectivity index (χ3n) is 3.51. The van der Waals surface area contributed by atoms with E-state index < -0.39 is 24.1 Å². The third-order valence-corrected chi connectivity index (χ3v) is 3.51. The topological polar surface area (TPSA) is 116 Å². The number of alkyl carbamates (subject to hydrolysis) is 1. The Balaban J connectivity index is 2.54. The molecular formula is C18H25N4O4+. The van der Waals surface area contributed by atoms with Gasteiger partial charge in [0.2, 0.25) is 17.1 Å². The number of nitrogens with one attached hydrogen (secondary N) is 2. The molecule has 0 radical (unpaired) electrons. The average Bonchev–Trinajstić information content (AvgIpc) is 2.60. The first kappa shape index (κ1) is 21.0. The van der Waals surface area contributed by atoms with E-state index >= 15 is 0 Å². The number of nitrogens with zero attached hydrogens (tertiary/aromatic N) is 2. The SMILES string of the molecule is CC(C)C[C@H](NC(=O)[C@H](C)NC(=O)OCc1ccccc1)/C(O)=C\[N+]#N. The maximum Gasteiger partial charge on any atom is 0.408 e. The number of aliphatic hydroxyl groups excluding tert-OH is 1. The predicted molar refractivity (Wildman–Crippen MR) is 96.4 cm³/mol. The van der Waals surface area contributed by atoms with Crippen molar-refractivity contribution in [3.8, 4) is 0 Å². The molecule has 0 aliphatic heterocycles. The first-order chi connectivity index (χ1) is 12.3. The molecule has 8 nitrogen and oxygen atoms in total. The van der Waals surface area contributed by atoms with Crippen molar-refractivity contribution in [1.29, 1.82) is 5.39 Å². The summed E-state index contributed by atoms with van der Waals surface area (Å²) < 4.78 is 5.07. The van der Waals surface area contributed by atoms with Gasteiger partial charge >= 0.3 is 12.3 Å². The molecule has 2 amide bonds. The molecule has 0 unspecified atom stereocenters. The summed E-state index contributed by atoms with van der Waals surface area (Å²) in [5.41, 5.74) is 0.833. The normalized spacial score (nSPS) is 13.4. The number of ether oxygens (including phenoxy) is 1. The van der Waals surface area contributed by atoms with Gasteiger partial charge in [0.05, 0.1) is 6.04 Å². The van der Waals surface area contributed by atoms with Gasteiger partial charge in [-0.15, -0.1) is 0 Å². The summed E-state index contributed by atoms with van der Waals surface area (Å²) in [6, 6.07) is 7.58. The van der Waals surface area contributed by atoms with Gasteiger partial charge in [0.15, 0.2) is 4.98 Å². The standard InChI is InChI=1S/C18H24N4O4/c1-12(2)9-15(16(23)10-20-19)22-17(24)13(3)21-18(25)26-11-14-7-5-4-6-8-14/h4-8,10,12-13,15H,9,11H2,1-3H3,(H2-,21,22,23,24,25)/p+1/b16-10+/t13-,15-/m0/s1. The Kier molecular flexibility index (Phi) is 8.64. The Morgan fingerprint density at radius 3 is 2.46 bits per heavy atom. The van der Waals surface area contributed by atoms with Crippen molar-refractivity contribution in [3.63, 3.8) is 0 Å². The maximum absolute atomic E-state index is 12.2. The fraction of sp³-hybridized carbons (Fsp3) is 0.444. The molecule has 8 heteroatoms. The first-order valence-electron chi connectivity index (χ1n) is 8.34. The van der Waals surface area contributed by atoms with Gasteiger partial charge in [0.1, 0.15) is 12.6 Å². The van der Waals surface area contributed by atoms with E-state index in [0.717, 1.165) is 11.8 Å². The summed E-state index contributed by atoms with van der Waals surface area (Å²) in [5.74, 6) is -0.591. The van der Waals surface area contributed by atoms with Crippen molar-refractivity contribution in [1.82, 2.24) is 10.6 Å². The molecule has 0 saturated heterocycles. The van der Waals surface area contributed by atoms with Crippen molar-refractivity contribution < 1.29 is 19.4 Å². The number of aliphatic hydroxyl groups is 1. The molecule has 2 atom stereocenters. The van der Waals surface area contributed by atoms with Crippen LogP contribution in [0.1, 0.15) is 32.8 Å². The smallest absolute Gasteiger partial charge is 0.408 e. The molecule has 1 aromatic carbocycles. The number of hydrogen-bond donors (Lipinski definition) is 3. The minimum Gasteiger partial charge on any atom is -0.504 e. The number of hydrogen-bond acceptors (Lipinski definition) is 5. The van der Waals surface area contributed by atoms with Crippen LogP contribution >= 0.6 is 0 Å². The van der Waals surface area contributed by atoms with Crippen LogP contribution in [0.3, 0.4) is 0 Å². The molecule has 0 aliphatic carbocycles. The lowest BCUT2D eigenvalue weighted by Crippen LogP contribution is -2.49. The fourth-order valence-corrected chi connectivity index (χ4v) is 2.18. The molecule has 0 aliphatic rings. The van der Waals surface area contributed by atoms with E-state index in [4.69, 9.17) is 10.1 Å². The molecular weight excluding hydrogens is 336 g/mol. The molecule has 0 heterocycles. The van der Waals surface area contributed by atoms with Gasteiger partial charge < -0.3 is 20.5 Å². The van der Waals surface area contributed by atoms with Crippen molar-refractivity contribution in [2.45, 2.75) is 45.9 Å². The van der Waals surface area contributed by atoms with Crippen LogP contribution in [0.25, 0.3) is 4.98 Å². The molecule has 140 valence electrons. The predicted octanol–water partition coefficient (Wildman–Crippen LogP) is 3.08. The Morgan fingerprint density at radius 1 is 1.23 bits per heavy atom. The summed E-state index contributed by atoms with van der Waals surface area (Å²) >= 11 is 0. The number of rotatable bonds is 8. The van der Waals surface area contributed by atoms with E-state index in [1.54, 1.807) is 0 Å². The summed E-state index contributed by atoms with van der Waals surface area (Å²) in [5, 5.41) is 23.4. The van der Waals surface area contributed by atoms with Gasteiger partial charge in [0, 0.05) is 0 Å². The van der Waals surface area contributed by atoms with Crippen LogP contribution < -0.4 is 10.6 Å². The van der Waals surface area contributed by atoms with E-state index in [1.165, 1.54) is 6.92 Å². The Hall–Kier alpha value is -3.08. The van der Waals surface area contributed by atoms with Crippen LogP contribution in [0, 0.1) is 11.3 Å². The van der Waals surface area contributed by atoms with E-state index in [9.17, 15) is 14.7 Å². The Morgan fingerprint density at radius 2 is 1.88 bits per heavy atom. The van der Waals surface area contributed by atoms with E-state index in [1.807, 2.05) is 44.2 Å². The van der Waals surface area contributed by atoms with Gasteiger partial charge in [0.25, 0.3) is 0 Å². The zero-order valence-electron chi connectivity index (χ0n) is 15.2. The summed E-state index contributed by atoms with van der Waals surface area (Å²) in [7, 11) is 0. The van der Waals surface area contributed by atoms with Crippen molar-refractivity contribution in [3.05, 3.63) is 52.8 Å². The van der Waals surface area contributed by atoms with Gasteiger partial charge in [-0.1, -0.05) is 44.2 Å². The fourth-order valence-electron chi connectivity index (χ4n) is 2.18. The molecule has 26 heavy (non-hydrogen) atoms. The molecule has 0 aromatic heterocycles. The highest BCUT2D eigenvalue weighted by Gasteiger charge is 2.24. The number of carbonyl (C=O) groups excluding carboxylic acids is 2. The van der Waals surface area contributed by atoms with E-state index in [2.05, 4.69) is 15.6 Å². The minimum atomic E-state index is -0.869. The molecule has 3 N–H and O–H groups in total. The molecule has 0 spiro atoms. The lowest BCUT2D eigenvalue weighted by molar-refractivity contribution is -0.123. The second-order valence-corrected chi connectivity index (χ2v) is 6.29. The van der Waals surface area contributed by atoms with Crippen LogP contribution in [0.15, 0.2) is 42.3 Å². The van der Waals surface area contributed by atoms with Gasteiger partial charge in [-0.25, -0.2) is 4.79 Å². The molecule has 0 fully saturated rings. The summed E-state index contributed by atoms with van der Waals surface area (Å²) in [4.78, 5) is 26.8. The van der Waals surface area contributed by atoms with E-state index in [0.29, 0.717) is 6.42 Å². The Labute approximate surface area is 152 Å². The van der Waals surface area contributed by atoms with Crippen molar-refractivity contribution in [2.24, 2.45) is 5.92 Å². The summed E-state index contributed by atoms with van der Waals surface area (Å²) in [6.07, 6.45) is 0.580. The number of amides is 2. The van der Waals surface area contributed by atoms with Crippen LogP contribution in [0.2, 0.25) is 0 Å². The lowest BCUT2D eigenvalue weighted by Gasteiger charge is -2.21. The molecule has 0 bridgehead atoms. The maximum atomic E-state index is 12.2. The highest BCUT2D eigenvalue weighted by Crippen LogP contribution is 2.11. The van der Waals surface area contributed by atoms with Gasteiger partial charge in [-0.3, -0.25) is 4.79 Å². The Bertz CT molecular complexity index is 668. The molecule has 1 rings (SSSR count). The second kappa shape index (κ2) is 10.7. The number of diazo groups is 1. The molecule has 0 saturated carbocycles. The quantitative estimate of drug-likeness (QED) is 0.486. The second-order valence-electron chi connectivity index (χ2n) is 6.29. The molecule has 1 aromatic rings. The van der Waals surface area contributed by atoms with Crippen LogP contribution in [0.5, 0.6) is 0 Å². The first-order valence-corrected chi connectivity index (χ1v) is 8.34. The summed E-state index contributed by atoms with van der Waals surface area (Å²) in [6.45, 7) is 5.44. The van der Waals surface area contributed by atoms with Gasteiger partial charge in [-0.05, 0) is 24.8 Å². The average molecular weight is 361 g/mol. The van der Waals surface area contributed by atoms with Crippen LogP contribution in [0.4, 0.5) is 4.79 Å². The highest BCUT2D eigenvalue weighted by molar-refractivity contribution is 5.85. The lowest BCUT2D eigenvalue weighted by atomic mass is 10.0. The van der Waals surface area contributed by atoms with Crippen LogP contribution in [-0.4, -0.2) is 29.2 Å². The van der Waals surface area contributed by atoms with Gasteiger partial charge in [-0.2, -0.15) is 0 Å². The number of benzene rings is 1. The largest absolute Gasteiger partial charge is 0.504 e. The van der Waals surface area contributed by atoms with Crippen LogP contribution in [-0.2, 0) is 16.1 Å².